The van der Waals surface area contributed by atoms with E-state index in [2.05, 4.69) is 39.8 Å². The summed E-state index contributed by atoms with van der Waals surface area (Å²) in [5, 5.41) is 5.46. The van der Waals surface area contributed by atoms with Gasteiger partial charge in [-0.05, 0) is 30.2 Å². The van der Waals surface area contributed by atoms with E-state index in [9.17, 15) is 9.59 Å². The molecule has 0 saturated carbocycles. The van der Waals surface area contributed by atoms with Gasteiger partial charge in [0, 0.05) is 26.2 Å². The maximum absolute atomic E-state index is 12.4. The van der Waals surface area contributed by atoms with Gasteiger partial charge in [-0.2, -0.15) is 0 Å². The zero-order valence-electron chi connectivity index (χ0n) is 17.5. The van der Waals surface area contributed by atoms with E-state index in [4.69, 9.17) is 9.47 Å². The molecule has 3 rings (SSSR count). The SMILES string of the molecule is COc1ccc(CNC(=O)C(=O)NC[C@H](c2ccc(C)cc2)N2CCOCC2)cc1. The largest absolute Gasteiger partial charge is 0.497 e. The van der Waals surface area contributed by atoms with E-state index in [0.717, 1.165) is 30.0 Å². The molecule has 0 spiro atoms. The van der Waals surface area contributed by atoms with E-state index < -0.39 is 11.8 Å². The van der Waals surface area contributed by atoms with Gasteiger partial charge in [0.25, 0.3) is 0 Å². The molecular formula is C23H29N3O4. The van der Waals surface area contributed by atoms with Crippen LogP contribution < -0.4 is 15.4 Å². The molecule has 0 bridgehead atoms. The Labute approximate surface area is 177 Å². The standard InChI is InChI=1S/C23H29N3O4/c1-17-3-7-19(8-4-17)21(26-11-13-30-14-12-26)16-25-23(28)22(27)24-15-18-5-9-20(29-2)10-6-18/h3-10,21H,11-16H2,1-2H3,(H,24,27)(H,25,28)/t21-/m1/s1. The molecule has 1 saturated heterocycles. The van der Waals surface area contributed by atoms with Crippen LogP contribution in [0.1, 0.15) is 22.7 Å². The number of rotatable bonds is 7. The minimum atomic E-state index is -0.643. The normalized spacial score (nSPS) is 15.3. The molecule has 0 unspecified atom stereocenters. The van der Waals surface area contributed by atoms with Gasteiger partial charge in [0.05, 0.1) is 26.4 Å². The van der Waals surface area contributed by atoms with Crippen LogP contribution in [0.3, 0.4) is 0 Å². The lowest BCUT2D eigenvalue weighted by Gasteiger charge is -2.35. The number of amides is 2. The van der Waals surface area contributed by atoms with Crippen LogP contribution in [-0.2, 0) is 20.9 Å². The Bertz CT molecular complexity index is 831. The van der Waals surface area contributed by atoms with Crippen molar-refractivity contribution in [3.8, 4) is 5.75 Å². The summed E-state index contributed by atoms with van der Waals surface area (Å²) in [6.45, 7) is 5.59. The average molecular weight is 412 g/mol. The monoisotopic (exact) mass is 411 g/mol. The second kappa shape index (κ2) is 10.8. The van der Waals surface area contributed by atoms with Crippen LogP contribution in [0.25, 0.3) is 0 Å². The van der Waals surface area contributed by atoms with Crippen molar-refractivity contribution in [2.75, 3.05) is 40.0 Å². The Morgan fingerprint density at radius 2 is 1.63 bits per heavy atom. The van der Waals surface area contributed by atoms with E-state index >= 15 is 0 Å². The number of carbonyl (C=O) groups excluding carboxylic acids is 2. The fourth-order valence-electron chi connectivity index (χ4n) is 3.41. The lowest BCUT2D eigenvalue weighted by Crippen LogP contribution is -2.46. The van der Waals surface area contributed by atoms with Crippen LogP contribution in [0.15, 0.2) is 48.5 Å². The van der Waals surface area contributed by atoms with Crippen molar-refractivity contribution in [3.05, 3.63) is 65.2 Å². The number of carbonyl (C=O) groups is 2. The molecule has 2 amide bonds. The molecule has 2 N–H and O–H groups in total. The van der Waals surface area contributed by atoms with E-state index in [0.29, 0.717) is 19.8 Å². The van der Waals surface area contributed by atoms with Gasteiger partial charge in [0.15, 0.2) is 0 Å². The van der Waals surface area contributed by atoms with Crippen molar-refractivity contribution in [3.63, 3.8) is 0 Å². The van der Waals surface area contributed by atoms with Gasteiger partial charge in [0.1, 0.15) is 5.75 Å². The minimum Gasteiger partial charge on any atom is -0.497 e. The first-order valence-electron chi connectivity index (χ1n) is 10.1. The predicted molar refractivity (Wildman–Crippen MR) is 114 cm³/mol. The summed E-state index contributed by atoms with van der Waals surface area (Å²) in [6, 6.07) is 15.6. The summed E-state index contributed by atoms with van der Waals surface area (Å²) in [5.41, 5.74) is 3.19. The van der Waals surface area contributed by atoms with Crippen molar-refractivity contribution in [2.24, 2.45) is 0 Å². The first-order valence-corrected chi connectivity index (χ1v) is 10.1. The van der Waals surface area contributed by atoms with Crippen LogP contribution in [0.2, 0.25) is 0 Å². The quantitative estimate of drug-likeness (QED) is 0.680. The molecule has 0 aliphatic carbocycles. The molecule has 30 heavy (non-hydrogen) atoms. The van der Waals surface area contributed by atoms with E-state index in [1.54, 1.807) is 7.11 Å². The minimum absolute atomic E-state index is 0.00663. The Morgan fingerprint density at radius 1 is 1.00 bits per heavy atom. The zero-order chi connectivity index (χ0) is 21.3. The molecule has 7 nitrogen and oxygen atoms in total. The lowest BCUT2D eigenvalue weighted by atomic mass is 10.0. The number of hydrogen-bond acceptors (Lipinski definition) is 5. The first-order chi connectivity index (χ1) is 14.6. The van der Waals surface area contributed by atoms with Crippen molar-refractivity contribution in [1.82, 2.24) is 15.5 Å². The van der Waals surface area contributed by atoms with Gasteiger partial charge in [-0.1, -0.05) is 42.0 Å². The maximum Gasteiger partial charge on any atom is 0.309 e. The molecule has 1 aliphatic heterocycles. The molecule has 1 fully saturated rings. The highest BCUT2D eigenvalue weighted by atomic mass is 16.5. The second-order valence-electron chi connectivity index (χ2n) is 7.32. The summed E-state index contributed by atoms with van der Waals surface area (Å²) in [6.07, 6.45) is 0. The van der Waals surface area contributed by atoms with Crippen LogP contribution in [-0.4, -0.2) is 56.7 Å². The Balaban J connectivity index is 1.55. The molecule has 2 aromatic carbocycles. The Morgan fingerprint density at radius 3 is 2.27 bits per heavy atom. The van der Waals surface area contributed by atoms with Crippen LogP contribution in [0, 0.1) is 6.92 Å². The predicted octanol–water partition coefficient (Wildman–Crippen LogP) is 1.81. The van der Waals surface area contributed by atoms with Crippen molar-refractivity contribution in [1.29, 1.82) is 0 Å². The third-order valence-electron chi connectivity index (χ3n) is 5.22. The Hall–Kier alpha value is -2.90. The van der Waals surface area contributed by atoms with Crippen molar-refractivity contribution >= 4 is 11.8 Å². The smallest absolute Gasteiger partial charge is 0.309 e. The molecule has 0 aromatic heterocycles. The third-order valence-corrected chi connectivity index (χ3v) is 5.22. The molecule has 160 valence electrons. The number of nitrogens with one attached hydrogen (secondary N) is 2. The van der Waals surface area contributed by atoms with Crippen LogP contribution >= 0.6 is 0 Å². The number of benzene rings is 2. The number of hydrogen-bond donors (Lipinski definition) is 2. The van der Waals surface area contributed by atoms with E-state index in [1.807, 2.05) is 31.2 Å². The molecule has 1 aliphatic rings. The number of nitrogens with zero attached hydrogens (tertiary/aromatic N) is 1. The highest BCUT2D eigenvalue weighted by Crippen LogP contribution is 2.21. The number of ether oxygens (including phenoxy) is 2. The summed E-state index contributed by atoms with van der Waals surface area (Å²) < 4.78 is 10.6. The number of aryl methyl sites for hydroxylation is 1. The van der Waals surface area contributed by atoms with Gasteiger partial charge < -0.3 is 20.1 Å². The highest BCUT2D eigenvalue weighted by Gasteiger charge is 2.24. The fraction of sp³-hybridized carbons (Fsp3) is 0.391. The average Bonchev–Trinajstić information content (AvgIpc) is 2.79. The summed E-state index contributed by atoms with van der Waals surface area (Å²) in [7, 11) is 1.60. The van der Waals surface area contributed by atoms with Gasteiger partial charge in [-0.25, -0.2) is 0 Å². The van der Waals surface area contributed by atoms with Gasteiger partial charge in [0.2, 0.25) is 0 Å². The third kappa shape index (κ3) is 6.05. The molecule has 2 aromatic rings. The first kappa shape index (κ1) is 21.8. The molecule has 1 atom stereocenters. The van der Waals surface area contributed by atoms with E-state index in [1.165, 1.54) is 5.56 Å². The number of morpholine rings is 1. The topological polar surface area (TPSA) is 79.9 Å². The van der Waals surface area contributed by atoms with Gasteiger partial charge in [-0.3, -0.25) is 14.5 Å². The summed E-state index contributed by atoms with van der Waals surface area (Å²) >= 11 is 0. The number of methoxy groups -OCH3 is 1. The summed E-state index contributed by atoms with van der Waals surface area (Å²) in [4.78, 5) is 26.9. The highest BCUT2D eigenvalue weighted by molar-refractivity contribution is 6.35. The summed E-state index contributed by atoms with van der Waals surface area (Å²) in [5.74, 6) is -0.530. The van der Waals surface area contributed by atoms with Gasteiger partial charge in [-0.15, -0.1) is 0 Å². The van der Waals surface area contributed by atoms with Gasteiger partial charge >= 0.3 is 11.8 Å². The van der Waals surface area contributed by atoms with Crippen molar-refractivity contribution in [2.45, 2.75) is 19.5 Å². The zero-order valence-corrected chi connectivity index (χ0v) is 17.5. The maximum atomic E-state index is 12.4. The van der Waals surface area contributed by atoms with Crippen LogP contribution in [0.4, 0.5) is 0 Å². The van der Waals surface area contributed by atoms with Crippen molar-refractivity contribution < 1.29 is 19.1 Å². The second-order valence-corrected chi connectivity index (χ2v) is 7.32. The molecule has 1 heterocycles. The molecule has 0 radical (unpaired) electrons. The Kier molecular flexibility index (Phi) is 7.82. The molecule has 7 heteroatoms. The van der Waals surface area contributed by atoms with E-state index in [-0.39, 0.29) is 12.6 Å². The lowest BCUT2D eigenvalue weighted by molar-refractivity contribution is -0.139. The molecular weight excluding hydrogens is 382 g/mol. The van der Waals surface area contributed by atoms with Crippen LogP contribution in [0.5, 0.6) is 5.75 Å². The fourth-order valence-corrected chi connectivity index (χ4v) is 3.41.